The third-order valence-corrected chi connectivity index (χ3v) is 7.59. The average molecular weight is 419 g/mol. The van der Waals surface area contributed by atoms with Crippen molar-refractivity contribution in [3.05, 3.63) is 34.9 Å². The topological polar surface area (TPSA) is 49.4 Å². The van der Waals surface area contributed by atoms with E-state index in [4.69, 9.17) is 11.6 Å². The summed E-state index contributed by atoms with van der Waals surface area (Å²) in [6, 6.07) is 7.33. The Morgan fingerprint density at radius 3 is 2.17 bits per heavy atom. The Kier molecular flexibility index (Phi) is 7.26. The number of hydrogen-bond donors (Lipinski definition) is 1. The van der Waals surface area contributed by atoms with Crippen LogP contribution in [-0.2, 0) is 4.79 Å². The lowest BCUT2D eigenvalue weighted by atomic mass is 9.69. The molecule has 1 aromatic rings. The Morgan fingerprint density at radius 2 is 1.62 bits per heavy atom. The van der Waals surface area contributed by atoms with E-state index < -0.39 is 0 Å². The van der Waals surface area contributed by atoms with Crippen LogP contribution in [0.15, 0.2) is 24.3 Å². The number of amides is 2. The van der Waals surface area contributed by atoms with Gasteiger partial charge in [0.2, 0.25) is 5.91 Å². The Hall–Kier alpha value is -1.55. The second-order valence-electron chi connectivity index (χ2n) is 9.47. The van der Waals surface area contributed by atoms with Crippen molar-refractivity contribution in [2.45, 2.75) is 71.8 Å². The second kappa shape index (κ2) is 9.51. The molecule has 2 amide bonds. The molecule has 1 saturated heterocycles. The average Bonchev–Trinajstić information content (AvgIpc) is 2.74. The van der Waals surface area contributed by atoms with Crippen LogP contribution in [0.25, 0.3) is 0 Å². The van der Waals surface area contributed by atoms with Crippen LogP contribution in [0, 0.1) is 17.3 Å². The predicted molar refractivity (Wildman–Crippen MR) is 118 cm³/mol. The summed E-state index contributed by atoms with van der Waals surface area (Å²) in [6.07, 6.45) is 7.29. The molecule has 2 aliphatic rings. The van der Waals surface area contributed by atoms with Gasteiger partial charge in [0, 0.05) is 35.6 Å². The maximum Gasteiger partial charge on any atom is 0.253 e. The Labute approximate surface area is 180 Å². The minimum atomic E-state index is 0.0223. The predicted octanol–water partition coefficient (Wildman–Crippen LogP) is 5.30. The molecule has 0 spiro atoms. The van der Waals surface area contributed by atoms with Crippen LogP contribution in [0.2, 0.25) is 5.02 Å². The van der Waals surface area contributed by atoms with Crippen LogP contribution in [0.1, 0.15) is 76.1 Å². The van der Waals surface area contributed by atoms with E-state index in [1.807, 2.05) is 4.90 Å². The fourth-order valence-corrected chi connectivity index (χ4v) is 4.87. The van der Waals surface area contributed by atoms with Gasteiger partial charge in [0.05, 0.1) is 0 Å². The van der Waals surface area contributed by atoms with Crippen molar-refractivity contribution < 1.29 is 9.59 Å². The smallest absolute Gasteiger partial charge is 0.253 e. The zero-order chi connectivity index (χ0) is 21.0. The molecule has 1 aliphatic carbocycles. The number of hydrogen-bond acceptors (Lipinski definition) is 2. The van der Waals surface area contributed by atoms with Gasteiger partial charge in [0.25, 0.3) is 5.91 Å². The van der Waals surface area contributed by atoms with Gasteiger partial charge in [0.15, 0.2) is 0 Å². The Bertz CT molecular complexity index is 700. The normalized spacial score (nSPS) is 23.7. The van der Waals surface area contributed by atoms with Gasteiger partial charge in [-0.25, -0.2) is 0 Å². The van der Waals surface area contributed by atoms with Crippen molar-refractivity contribution in [2.75, 3.05) is 13.1 Å². The third kappa shape index (κ3) is 5.53. The number of likely N-dealkylation sites (tertiary alicyclic amines) is 1. The van der Waals surface area contributed by atoms with E-state index in [1.165, 1.54) is 19.3 Å². The van der Waals surface area contributed by atoms with E-state index in [0.29, 0.717) is 35.1 Å². The lowest BCUT2D eigenvalue weighted by molar-refractivity contribution is -0.127. The van der Waals surface area contributed by atoms with Crippen molar-refractivity contribution in [3.8, 4) is 0 Å². The number of benzene rings is 1. The van der Waals surface area contributed by atoms with Crippen LogP contribution >= 0.6 is 11.6 Å². The number of halogens is 1. The van der Waals surface area contributed by atoms with E-state index in [1.54, 1.807) is 24.3 Å². The molecule has 5 heteroatoms. The fourth-order valence-electron chi connectivity index (χ4n) is 4.75. The summed E-state index contributed by atoms with van der Waals surface area (Å²) in [5.41, 5.74) is 1.06. The molecule has 0 atom stereocenters. The molecule has 0 radical (unpaired) electrons. The lowest BCUT2D eigenvalue weighted by Gasteiger charge is -2.39. The molecule has 1 aliphatic heterocycles. The standard InChI is InChI=1S/C24H35ClN2O2/c1-4-24(2,3)19-7-11-21(12-8-19)26-22(28)17-13-15-27(16-14-17)23(29)18-5-9-20(25)10-6-18/h5-6,9-10,17,19,21H,4,7-8,11-16H2,1-3H3,(H,26,28). The molecule has 2 fully saturated rings. The summed E-state index contributed by atoms with van der Waals surface area (Å²) >= 11 is 5.90. The molecular formula is C24H35ClN2O2. The van der Waals surface area contributed by atoms with E-state index in [0.717, 1.165) is 31.6 Å². The first-order chi connectivity index (χ1) is 13.8. The first kappa shape index (κ1) is 22.1. The molecular weight excluding hydrogens is 384 g/mol. The monoisotopic (exact) mass is 418 g/mol. The van der Waals surface area contributed by atoms with Crippen LogP contribution in [0.5, 0.6) is 0 Å². The largest absolute Gasteiger partial charge is 0.353 e. The highest BCUT2D eigenvalue weighted by molar-refractivity contribution is 6.30. The van der Waals surface area contributed by atoms with Gasteiger partial charge < -0.3 is 10.2 Å². The fraction of sp³-hybridized carbons (Fsp3) is 0.667. The summed E-state index contributed by atoms with van der Waals surface area (Å²) < 4.78 is 0. The van der Waals surface area contributed by atoms with Crippen molar-refractivity contribution >= 4 is 23.4 Å². The van der Waals surface area contributed by atoms with Gasteiger partial charge in [-0.3, -0.25) is 9.59 Å². The van der Waals surface area contributed by atoms with Crippen LogP contribution in [0.3, 0.4) is 0 Å². The first-order valence-corrected chi connectivity index (χ1v) is 11.5. The lowest BCUT2D eigenvalue weighted by Crippen LogP contribution is -2.46. The first-order valence-electron chi connectivity index (χ1n) is 11.2. The SMILES string of the molecule is CCC(C)(C)C1CCC(NC(=O)C2CCN(C(=O)c3ccc(Cl)cc3)CC2)CC1. The second-order valence-corrected chi connectivity index (χ2v) is 9.91. The molecule has 1 N–H and O–H groups in total. The maximum atomic E-state index is 12.8. The minimum absolute atomic E-state index is 0.0223. The molecule has 0 unspecified atom stereocenters. The van der Waals surface area contributed by atoms with E-state index in [9.17, 15) is 9.59 Å². The maximum absolute atomic E-state index is 12.8. The quantitative estimate of drug-likeness (QED) is 0.704. The highest BCUT2D eigenvalue weighted by atomic mass is 35.5. The highest BCUT2D eigenvalue weighted by Crippen LogP contribution is 2.40. The molecule has 1 saturated carbocycles. The van der Waals surface area contributed by atoms with E-state index >= 15 is 0 Å². The van der Waals surface area contributed by atoms with Gasteiger partial charge in [0.1, 0.15) is 0 Å². The number of carbonyl (C=O) groups excluding carboxylic acids is 2. The van der Waals surface area contributed by atoms with Crippen LogP contribution in [-0.4, -0.2) is 35.8 Å². The Balaban J connectivity index is 1.43. The molecule has 1 aromatic carbocycles. The number of piperidine rings is 1. The molecule has 0 bridgehead atoms. The molecule has 29 heavy (non-hydrogen) atoms. The van der Waals surface area contributed by atoms with Crippen molar-refractivity contribution in [1.82, 2.24) is 10.2 Å². The van der Waals surface area contributed by atoms with Gasteiger partial charge >= 0.3 is 0 Å². The summed E-state index contributed by atoms with van der Waals surface area (Å²) in [7, 11) is 0. The summed E-state index contributed by atoms with van der Waals surface area (Å²) in [6.45, 7) is 8.29. The van der Waals surface area contributed by atoms with Crippen molar-refractivity contribution in [2.24, 2.45) is 17.3 Å². The number of nitrogens with one attached hydrogen (secondary N) is 1. The third-order valence-electron chi connectivity index (χ3n) is 7.33. The van der Waals surface area contributed by atoms with E-state index in [-0.39, 0.29) is 17.7 Å². The van der Waals surface area contributed by atoms with Gasteiger partial charge in [-0.2, -0.15) is 0 Å². The zero-order valence-electron chi connectivity index (χ0n) is 18.0. The van der Waals surface area contributed by atoms with Gasteiger partial charge in [-0.05, 0) is 74.1 Å². The molecule has 1 heterocycles. The van der Waals surface area contributed by atoms with Crippen LogP contribution in [0.4, 0.5) is 0 Å². The van der Waals surface area contributed by atoms with E-state index in [2.05, 4.69) is 26.1 Å². The Morgan fingerprint density at radius 1 is 1.03 bits per heavy atom. The van der Waals surface area contributed by atoms with Crippen LogP contribution < -0.4 is 5.32 Å². The number of carbonyl (C=O) groups is 2. The summed E-state index contributed by atoms with van der Waals surface area (Å²) in [5, 5.41) is 3.93. The molecule has 0 aromatic heterocycles. The van der Waals surface area contributed by atoms with Crippen molar-refractivity contribution in [3.63, 3.8) is 0 Å². The highest BCUT2D eigenvalue weighted by Gasteiger charge is 2.34. The zero-order valence-corrected chi connectivity index (χ0v) is 18.8. The number of nitrogens with zero attached hydrogens (tertiary/aromatic N) is 1. The van der Waals surface area contributed by atoms with Gasteiger partial charge in [-0.1, -0.05) is 38.8 Å². The summed E-state index contributed by atoms with van der Waals surface area (Å²) in [4.78, 5) is 27.2. The van der Waals surface area contributed by atoms with Crippen molar-refractivity contribution in [1.29, 1.82) is 0 Å². The molecule has 3 rings (SSSR count). The molecule has 4 nitrogen and oxygen atoms in total. The minimum Gasteiger partial charge on any atom is -0.353 e. The van der Waals surface area contributed by atoms with Gasteiger partial charge in [-0.15, -0.1) is 0 Å². The summed E-state index contributed by atoms with van der Waals surface area (Å²) in [5.74, 6) is 0.996. The number of rotatable bonds is 5. The molecule has 160 valence electrons.